The molecule has 0 fully saturated rings. The number of aromatic nitrogens is 1. The number of nitrogens with zero attached hydrogens (tertiary/aromatic N) is 2. The molecule has 0 radical (unpaired) electrons. The highest BCUT2D eigenvalue weighted by atomic mass is 16.2. The van der Waals surface area contributed by atoms with Gasteiger partial charge in [-0.3, -0.25) is 4.98 Å². The predicted molar refractivity (Wildman–Crippen MR) is 85.5 cm³/mol. The number of nitriles is 1. The molecule has 2 amide bonds. The monoisotopic (exact) mass is 288 g/mol. The highest BCUT2D eigenvalue weighted by Gasteiger charge is 2.08. The zero-order valence-corrected chi connectivity index (χ0v) is 11.6. The minimum Gasteiger partial charge on any atom is -0.306 e. The number of para-hydroxylation sites is 2. The third-order valence-corrected chi connectivity index (χ3v) is 3.18. The van der Waals surface area contributed by atoms with Gasteiger partial charge >= 0.3 is 6.03 Å². The topological polar surface area (TPSA) is 77.8 Å². The molecule has 0 saturated heterocycles. The second-order valence-electron chi connectivity index (χ2n) is 4.62. The van der Waals surface area contributed by atoms with Gasteiger partial charge in [-0.05, 0) is 24.3 Å². The van der Waals surface area contributed by atoms with Crippen molar-refractivity contribution >= 4 is 28.3 Å². The minimum atomic E-state index is -0.416. The lowest BCUT2D eigenvalue weighted by atomic mass is 10.2. The average Bonchev–Trinajstić information content (AvgIpc) is 2.55. The average molecular weight is 288 g/mol. The Morgan fingerprint density at radius 3 is 2.55 bits per heavy atom. The number of rotatable bonds is 2. The van der Waals surface area contributed by atoms with Crippen LogP contribution in [0.15, 0.2) is 60.8 Å². The van der Waals surface area contributed by atoms with Gasteiger partial charge in [0.25, 0.3) is 0 Å². The van der Waals surface area contributed by atoms with E-state index < -0.39 is 6.03 Å². The second kappa shape index (κ2) is 5.94. The van der Waals surface area contributed by atoms with Gasteiger partial charge in [0.15, 0.2) is 0 Å². The standard InChI is InChI=1S/C17H12N4O/c18-11-13-5-1-2-8-14(13)20-17(22)21-15-9-3-6-12-7-4-10-19-16(12)15/h1-10H,(H2,20,21,22). The Hall–Kier alpha value is -3.39. The first-order chi connectivity index (χ1) is 10.8. The van der Waals surface area contributed by atoms with Crippen molar-refractivity contribution in [2.75, 3.05) is 10.6 Å². The van der Waals surface area contributed by atoms with Crippen LogP contribution in [0.3, 0.4) is 0 Å². The van der Waals surface area contributed by atoms with Crippen LogP contribution in [-0.4, -0.2) is 11.0 Å². The molecule has 3 rings (SSSR count). The summed E-state index contributed by atoms with van der Waals surface area (Å²) >= 11 is 0. The maximum absolute atomic E-state index is 12.1. The quantitative estimate of drug-likeness (QED) is 0.753. The first kappa shape index (κ1) is 13.6. The molecule has 0 unspecified atom stereocenters. The molecule has 0 aliphatic rings. The number of hydrogen-bond acceptors (Lipinski definition) is 3. The normalized spacial score (nSPS) is 9.95. The lowest BCUT2D eigenvalue weighted by Crippen LogP contribution is -2.20. The lowest BCUT2D eigenvalue weighted by molar-refractivity contribution is 0.262. The van der Waals surface area contributed by atoms with Gasteiger partial charge in [-0.1, -0.05) is 30.3 Å². The molecule has 0 aliphatic heterocycles. The Bertz CT molecular complexity index is 878. The van der Waals surface area contributed by atoms with Crippen molar-refractivity contribution in [3.05, 3.63) is 66.4 Å². The van der Waals surface area contributed by atoms with Crippen LogP contribution in [0, 0.1) is 11.3 Å². The van der Waals surface area contributed by atoms with Gasteiger partial charge in [-0.15, -0.1) is 0 Å². The van der Waals surface area contributed by atoms with Crippen molar-refractivity contribution in [2.45, 2.75) is 0 Å². The van der Waals surface area contributed by atoms with Gasteiger partial charge in [-0.25, -0.2) is 4.79 Å². The number of fused-ring (bicyclic) bond motifs is 1. The highest BCUT2D eigenvalue weighted by Crippen LogP contribution is 2.21. The molecule has 5 nitrogen and oxygen atoms in total. The number of benzene rings is 2. The van der Waals surface area contributed by atoms with E-state index in [9.17, 15) is 4.79 Å². The summed E-state index contributed by atoms with van der Waals surface area (Å²) in [4.78, 5) is 16.4. The van der Waals surface area contributed by atoms with Crippen molar-refractivity contribution in [1.82, 2.24) is 4.98 Å². The molecule has 2 N–H and O–H groups in total. The summed E-state index contributed by atoms with van der Waals surface area (Å²) in [6.07, 6.45) is 1.68. The van der Waals surface area contributed by atoms with E-state index in [2.05, 4.69) is 15.6 Å². The molecule has 0 bridgehead atoms. The number of amides is 2. The summed E-state index contributed by atoms with van der Waals surface area (Å²) in [7, 11) is 0. The van der Waals surface area contributed by atoms with Crippen LogP contribution in [0.2, 0.25) is 0 Å². The number of carbonyl (C=O) groups is 1. The summed E-state index contributed by atoms with van der Waals surface area (Å²) < 4.78 is 0. The summed E-state index contributed by atoms with van der Waals surface area (Å²) in [6.45, 7) is 0. The van der Waals surface area contributed by atoms with E-state index in [4.69, 9.17) is 5.26 Å². The first-order valence-corrected chi connectivity index (χ1v) is 6.69. The number of anilines is 2. The molecule has 0 aliphatic carbocycles. The van der Waals surface area contributed by atoms with E-state index in [1.807, 2.05) is 30.3 Å². The number of pyridine rings is 1. The summed E-state index contributed by atoms with van der Waals surface area (Å²) in [6, 6.07) is 17.8. The van der Waals surface area contributed by atoms with Crippen molar-refractivity contribution in [3.8, 4) is 6.07 Å². The van der Waals surface area contributed by atoms with Crippen LogP contribution in [-0.2, 0) is 0 Å². The Morgan fingerprint density at radius 1 is 0.955 bits per heavy atom. The molecule has 2 aromatic carbocycles. The molecular weight excluding hydrogens is 276 g/mol. The van der Waals surface area contributed by atoms with Crippen LogP contribution >= 0.6 is 0 Å². The molecule has 0 saturated carbocycles. The lowest BCUT2D eigenvalue weighted by Gasteiger charge is -2.10. The molecular formula is C17H12N4O. The van der Waals surface area contributed by atoms with E-state index in [-0.39, 0.29) is 0 Å². The van der Waals surface area contributed by atoms with Crippen LogP contribution in [0.25, 0.3) is 10.9 Å². The van der Waals surface area contributed by atoms with E-state index in [1.165, 1.54) is 0 Å². The minimum absolute atomic E-state index is 0.411. The zero-order chi connectivity index (χ0) is 15.4. The van der Waals surface area contributed by atoms with Crippen molar-refractivity contribution < 1.29 is 4.79 Å². The summed E-state index contributed by atoms with van der Waals surface area (Å²) in [5, 5.41) is 15.4. The largest absolute Gasteiger partial charge is 0.323 e. The second-order valence-corrected chi connectivity index (χ2v) is 4.62. The Labute approximate surface area is 127 Å². The van der Waals surface area contributed by atoms with Gasteiger partial charge in [0.2, 0.25) is 0 Å². The Balaban J connectivity index is 1.84. The number of hydrogen-bond donors (Lipinski definition) is 2. The Kier molecular flexibility index (Phi) is 3.67. The Morgan fingerprint density at radius 2 is 1.68 bits per heavy atom. The van der Waals surface area contributed by atoms with Gasteiger partial charge in [0.05, 0.1) is 22.5 Å². The van der Waals surface area contributed by atoms with Gasteiger partial charge in [0, 0.05) is 11.6 Å². The molecule has 1 aromatic heterocycles. The molecule has 1 heterocycles. The fourth-order valence-corrected chi connectivity index (χ4v) is 2.17. The molecule has 22 heavy (non-hydrogen) atoms. The predicted octanol–water partition coefficient (Wildman–Crippen LogP) is 3.75. The maximum atomic E-state index is 12.1. The number of urea groups is 1. The van der Waals surface area contributed by atoms with E-state index >= 15 is 0 Å². The van der Waals surface area contributed by atoms with Crippen LogP contribution < -0.4 is 10.6 Å². The van der Waals surface area contributed by atoms with Crippen molar-refractivity contribution in [3.63, 3.8) is 0 Å². The molecule has 5 heteroatoms. The fraction of sp³-hybridized carbons (Fsp3) is 0. The van der Waals surface area contributed by atoms with E-state index in [0.717, 1.165) is 5.39 Å². The maximum Gasteiger partial charge on any atom is 0.323 e. The molecule has 0 atom stereocenters. The number of nitrogens with one attached hydrogen (secondary N) is 2. The third kappa shape index (κ3) is 2.72. The van der Waals surface area contributed by atoms with E-state index in [0.29, 0.717) is 22.5 Å². The molecule has 3 aromatic rings. The van der Waals surface area contributed by atoms with Crippen LogP contribution in [0.4, 0.5) is 16.2 Å². The SMILES string of the molecule is N#Cc1ccccc1NC(=O)Nc1cccc2cccnc12. The number of carbonyl (C=O) groups excluding carboxylic acids is 1. The highest BCUT2D eigenvalue weighted by molar-refractivity contribution is 6.05. The van der Waals surface area contributed by atoms with Gasteiger partial charge < -0.3 is 10.6 Å². The van der Waals surface area contributed by atoms with Gasteiger partial charge in [-0.2, -0.15) is 5.26 Å². The summed E-state index contributed by atoms with van der Waals surface area (Å²) in [5.41, 5.74) is 2.21. The smallest absolute Gasteiger partial charge is 0.306 e. The van der Waals surface area contributed by atoms with Crippen molar-refractivity contribution in [2.24, 2.45) is 0 Å². The summed E-state index contributed by atoms with van der Waals surface area (Å²) in [5.74, 6) is 0. The molecule has 0 spiro atoms. The first-order valence-electron chi connectivity index (χ1n) is 6.69. The third-order valence-electron chi connectivity index (χ3n) is 3.18. The fourth-order valence-electron chi connectivity index (χ4n) is 2.17. The zero-order valence-electron chi connectivity index (χ0n) is 11.6. The van der Waals surface area contributed by atoms with Crippen molar-refractivity contribution in [1.29, 1.82) is 5.26 Å². The van der Waals surface area contributed by atoms with E-state index in [1.54, 1.807) is 36.5 Å². The van der Waals surface area contributed by atoms with Crippen LogP contribution in [0.1, 0.15) is 5.56 Å². The molecule has 106 valence electrons. The van der Waals surface area contributed by atoms with Gasteiger partial charge in [0.1, 0.15) is 6.07 Å². The van der Waals surface area contributed by atoms with Crippen LogP contribution in [0.5, 0.6) is 0 Å².